The average Bonchev–Trinajstić information content (AvgIpc) is 2.53. The van der Waals surface area contributed by atoms with Crippen LogP contribution in [0.2, 0.25) is 0 Å². The summed E-state index contributed by atoms with van der Waals surface area (Å²) in [6, 6.07) is 0. The minimum absolute atomic E-state index is 0.112. The molecule has 0 saturated carbocycles. The molecule has 1 atom stereocenters. The van der Waals surface area contributed by atoms with Gasteiger partial charge in [-0.3, -0.25) is 0 Å². The molecule has 1 heteroatoms. The van der Waals surface area contributed by atoms with Crippen molar-refractivity contribution in [3.8, 4) is 0 Å². The van der Waals surface area contributed by atoms with Gasteiger partial charge in [0, 0.05) is 0 Å². The summed E-state index contributed by atoms with van der Waals surface area (Å²) in [4.78, 5) is 0. The maximum absolute atomic E-state index is 10.5. The van der Waals surface area contributed by atoms with Crippen LogP contribution < -0.4 is 0 Å². The molecule has 1 nitrogen and oxygen atoms in total. The van der Waals surface area contributed by atoms with Gasteiger partial charge >= 0.3 is 0 Å². The van der Waals surface area contributed by atoms with Gasteiger partial charge < -0.3 is 5.11 Å². The largest absolute Gasteiger partial charge is 0.393 e. The average molecular weight is 313 g/mol. The first-order valence-corrected chi connectivity index (χ1v) is 10.3. The maximum Gasteiger partial charge on any atom is 0.0591 e. The van der Waals surface area contributed by atoms with Crippen LogP contribution in [0.5, 0.6) is 0 Å². The van der Waals surface area contributed by atoms with Crippen molar-refractivity contribution >= 4 is 0 Å². The van der Waals surface area contributed by atoms with Crippen LogP contribution in [0.25, 0.3) is 0 Å². The van der Waals surface area contributed by atoms with Crippen molar-refractivity contribution in [2.24, 2.45) is 5.41 Å². The van der Waals surface area contributed by atoms with Crippen LogP contribution in [-0.4, -0.2) is 11.2 Å². The molecule has 0 aromatic carbocycles. The van der Waals surface area contributed by atoms with Gasteiger partial charge in [-0.1, -0.05) is 105 Å². The lowest BCUT2D eigenvalue weighted by Gasteiger charge is -2.34. The van der Waals surface area contributed by atoms with Gasteiger partial charge in [0.1, 0.15) is 0 Å². The molecular formula is C21H44O. The van der Waals surface area contributed by atoms with Gasteiger partial charge in [-0.25, -0.2) is 0 Å². The standard InChI is InChI=1S/C21H44O/c1-5-8-10-12-14-16-18-21(4,20(22)7-3)19-17-15-13-11-9-6-2/h20,22H,5-19H2,1-4H3. The molecule has 134 valence electrons. The van der Waals surface area contributed by atoms with E-state index in [0.717, 1.165) is 6.42 Å². The zero-order chi connectivity index (χ0) is 16.7. The molecule has 0 heterocycles. The second kappa shape index (κ2) is 14.5. The molecule has 0 aromatic heterocycles. The molecule has 0 aromatic rings. The molecule has 1 unspecified atom stereocenters. The van der Waals surface area contributed by atoms with Crippen molar-refractivity contribution < 1.29 is 5.11 Å². The Morgan fingerprint density at radius 1 is 0.636 bits per heavy atom. The van der Waals surface area contributed by atoms with E-state index in [1.807, 2.05) is 0 Å². The van der Waals surface area contributed by atoms with E-state index >= 15 is 0 Å². The first-order valence-electron chi connectivity index (χ1n) is 10.3. The number of hydrogen-bond acceptors (Lipinski definition) is 1. The third-order valence-corrected chi connectivity index (χ3v) is 5.39. The summed E-state index contributed by atoms with van der Waals surface area (Å²) < 4.78 is 0. The molecule has 0 saturated heterocycles. The minimum Gasteiger partial charge on any atom is -0.393 e. The minimum atomic E-state index is -0.112. The molecule has 0 aliphatic carbocycles. The van der Waals surface area contributed by atoms with Gasteiger partial charge in [0.25, 0.3) is 0 Å². The summed E-state index contributed by atoms with van der Waals surface area (Å²) in [5.41, 5.74) is 0.157. The lowest BCUT2D eigenvalue weighted by Crippen LogP contribution is -2.32. The van der Waals surface area contributed by atoms with Crippen molar-refractivity contribution in [1.82, 2.24) is 0 Å². The molecule has 0 fully saturated rings. The zero-order valence-electron chi connectivity index (χ0n) is 16.1. The molecular weight excluding hydrogens is 268 g/mol. The van der Waals surface area contributed by atoms with E-state index in [0.29, 0.717) is 0 Å². The third-order valence-electron chi connectivity index (χ3n) is 5.39. The zero-order valence-corrected chi connectivity index (χ0v) is 16.1. The van der Waals surface area contributed by atoms with E-state index in [2.05, 4.69) is 27.7 Å². The lowest BCUT2D eigenvalue weighted by molar-refractivity contribution is 0.0178. The van der Waals surface area contributed by atoms with Gasteiger partial charge in [0.2, 0.25) is 0 Å². The van der Waals surface area contributed by atoms with Gasteiger partial charge in [-0.05, 0) is 24.7 Å². The number of unbranched alkanes of at least 4 members (excludes halogenated alkanes) is 10. The Morgan fingerprint density at radius 3 is 1.36 bits per heavy atom. The summed E-state index contributed by atoms with van der Waals surface area (Å²) in [7, 11) is 0. The Labute approximate surface area is 141 Å². The van der Waals surface area contributed by atoms with Crippen molar-refractivity contribution in [3.05, 3.63) is 0 Å². The van der Waals surface area contributed by atoms with Crippen LogP contribution in [0, 0.1) is 5.41 Å². The number of aliphatic hydroxyl groups excluding tert-OH is 1. The van der Waals surface area contributed by atoms with Crippen LogP contribution in [0.3, 0.4) is 0 Å². The SMILES string of the molecule is CCCCCCCCC(C)(CCCCCCCC)C(O)CC. The molecule has 22 heavy (non-hydrogen) atoms. The fourth-order valence-corrected chi connectivity index (χ4v) is 3.57. The highest BCUT2D eigenvalue weighted by molar-refractivity contribution is 4.81. The highest BCUT2D eigenvalue weighted by Crippen LogP contribution is 2.36. The molecule has 1 N–H and O–H groups in total. The molecule has 0 aliphatic heterocycles. The summed E-state index contributed by atoms with van der Waals surface area (Å²) in [6.45, 7) is 9.01. The normalized spacial score (nSPS) is 13.5. The van der Waals surface area contributed by atoms with Crippen LogP contribution in [0.15, 0.2) is 0 Å². The Hall–Kier alpha value is -0.0400. The fraction of sp³-hybridized carbons (Fsp3) is 1.00. The van der Waals surface area contributed by atoms with Crippen LogP contribution in [0.1, 0.15) is 124 Å². The highest BCUT2D eigenvalue weighted by Gasteiger charge is 2.30. The summed E-state index contributed by atoms with van der Waals surface area (Å²) in [6.07, 6.45) is 19.5. The molecule has 0 aliphatic rings. The van der Waals surface area contributed by atoms with E-state index in [-0.39, 0.29) is 11.5 Å². The first kappa shape index (κ1) is 22.0. The summed E-state index contributed by atoms with van der Waals surface area (Å²) >= 11 is 0. The van der Waals surface area contributed by atoms with Crippen molar-refractivity contribution in [2.75, 3.05) is 0 Å². The van der Waals surface area contributed by atoms with E-state index < -0.39 is 0 Å². The maximum atomic E-state index is 10.5. The number of aliphatic hydroxyl groups is 1. The fourth-order valence-electron chi connectivity index (χ4n) is 3.57. The van der Waals surface area contributed by atoms with Gasteiger partial charge in [-0.15, -0.1) is 0 Å². The predicted octanol–water partition coefficient (Wildman–Crippen LogP) is 7.26. The quantitative estimate of drug-likeness (QED) is 0.297. The molecule has 0 radical (unpaired) electrons. The van der Waals surface area contributed by atoms with Crippen molar-refractivity contribution in [3.63, 3.8) is 0 Å². The molecule has 0 spiro atoms. The first-order chi connectivity index (χ1) is 10.6. The van der Waals surface area contributed by atoms with E-state index in [9.17, 15) is 5.11 Å². The summed E-state index contributed by atoms with van der Waals surface area (Å²) in [5, 5.41) is 10.5. The second-order valence-corrected chi connectivity index (χ2v) is 7.61. The Morgan fingerprint density at radius 2 is 1.00 bits per heavy atom. The second-order valence-electron chi connectivity index (χ2n) is 7.61. The van der Waals surface area contributed by atoms with E-state index in [1.54, 1.807) is 0 Å². The summed E-state index contributed by atoms with van der Waals surface area (Å²) in [5.74, 6) is 0. The highest BCUT2D eigenvalue weighted by atomic mass is 16.3. The van der Waals surface area contributed by atoms with Crippen LogP contribution in [0.4, 0.5) is 0 Å². The monoisotopic (exact) mass is 312 g/mol. The van der Waals surface area contributed by atoms with Crippen LogP contribution in [-0.2, 0) is 0 Å². The third kappa shape index (κ3) is 10.6. The number of rotatable bonds is 16. The van der Waals surface area contributed by atoms with E-state index in [1.165, 1.54) is 89.9 Å². The Balaban J connectivity index is 3.96. The number of hydrogen-bond donors (Lipinski definition) is 1. The molecule has 0 rings (SSSR count). The van der Waals surface area contributed by atoms with Crippen LogP contribution >= 0.6 is 0 Å². The van der Waals surface area contributed by atoms with Gasteiger partial charge in [0.05, 0.1) is 6.10 Å². The van der Waals surface area contributed by atoms with Crippen molar-refractivity contribution in [2.45, 2.75) is 130 Å². The smallest absolute Gasteiger partial charge is 0.0591 e. The molecule has 0 amide bonds. The van der Waals surface area contributed by atoms with Gasteiger partial charge in [-0.2, -0.15) is 0 Å². The lowest BCUT2D eigenvalue weighted by atomic mass is 9.74. The molecule has 0 bridgehead atoms. The predicted molar refractivity (Wildman–Crippen MR) is 100 cm³/mol. The van der Waals surface area contributed by atoms with Crippen molar-refractivity contribution in [1.29, 1.82) is 0 Å². The van der Waals surface area contributed by atoms with E-state index in [4.69, 9.17) is 0 Å². The topological polar surface area (TPSA) is 20.2 Å². The Bertz CT molecular complexity index is 208. The van der Waals surface area contributed by atoms with Gasteiger partial charge in [0.15, 0.2) is 0 Å². The Kier molecular flexibility index (Phi) is 14.5.